The molecule has 3 heterocycles. The maximum atomic E-state index is 12.6. The average molecular weight is 326 g/mol. The number of nitrogens with one attached hydrogen (secondary N) is 1. The zero-order chi connectivity index (χ0) is 16.8. The predicted molar refractivity (Wildman–Crippen MR) is 89.0 cm³/mol. The first kappa shape index (κ1) is 14.9. The van der Waals surface area contributed by atoms with E-state index in [4.69, 9.17) is 4.42 Å². The van der Waals surface area contributed by atoms with E-state index >= 15 is 0 Å². The summed E-state index contributed by atoms with van der Waals surface area (Å²) < 4.78 is 7.00. The van der Waals surface area contributed by atoms with Gasteiger partial charge >= 0.3 is 0 Å². The summed E-state index contributed by atoms with van der Waals surface area (Å²) in [7, 11) is 1.53. The number of furan rings is 1. The molecule has 0 unspecified atom stereocenters. The number of nitrogens with zero attached hydrogens (tertiary/aromatic N) is 3. The number of carbonyl (C=O) groups excluding carboxylic acids is 1. The molecule has 24 heavy (non-hydrogen) atoms. The highest BCUT2D eigenvalue weighted by Gasteiger charge is 2.23. The van der Waals surface area contributed by atoms with Crippen LogP contribution in [-0.2, 0) is 24.2 Å². The van der Waals surface area contributed by atoms with Gasteiger partial charge in [0, 0.05) is 12.7 Å². The Kier molecular flexibility index (Phi) is 3.37. The number of pyridine rings is 1. The molecule has 0 saturated carbocycles. The maximum absolute atomic E-state index is 12.6. The van der Waals surface area contributed by atoms with Crippen molar-refractivity contribution in [1.82, 2.24) is 19.9 Å². The molecule has 7 nitrogen and oxygen atoms in total. The molecule has 0 atom stereocenters. The topological polar surface area (TPSA) is 90.0 Å². The summed E-state index contributed by atoms with van der Waals surface area (Å²) in [5.41, 5.74) is 4.25. The molecule has 1 aliphatic rings. The molecule has 1 aliphatic carbocycles. The quantitative estimate of drug-likeness (QED) is 0.770. The number of hydrogen-bond acceptors (Lipinski definition) is 5. The van der Waals surface area contributed by atoms with E-state index in [9.17, 15) is 9.59 Å². The summed E-state index contributed by atoms with van der Waals surface area (Å²) in [6.45, 7) is 1.90. The van der Waals surface area contributed by atoms with Gasteiger partial charge in [0.25, 0.3) is 5.56 Å². The summed E-state index contributed by atoms with van der Waals surface area (Å²) in [5.74, 6) is -0.263. The number of aromatic nitrogens is 3. The number of carbonyl (C=O) groups is 1. The van der Waals surface area contributed by atoms with Crippen LogP contribution < -0.4 is 10.9 Å². The Balaban J connectivity index is 2.00. The van der Waals surface area contributed by atoms with E-state index in [1.807, 2.05) is 6.92 Å². The van der Waals surface area contributed by atoms with Gasteiger partial charge in [-0.1, -0.05) is 0 Å². The molecule has 0 saturated heterocycles. The zero-order valence-electron chi connectivity index (χ0n) is 13.7. The summed E-state index contributed by atoms with van der Waals surface area (Å²) in [6, 6.07) is 0. The van der Waals surface area contributed by atoms with Gasteiger partial charge in [-0.2, -0.15) is 0 Å². The van der Waals surface area contributed by atoms with E-state index in [1.165, 1.54) is 29.1 Å². The van der Waals surface area contributed by atoms with E-state index in [0.29, 0.717) is 11.2 Å². The first-order valence-corrected chi connectivity index (χ1v) is 8.10. The third-order valence-electron chi connectivity index (χ3n) is 4.71. The minimum absolute atomic E-state index is 0.0835. The van der Waals surface area contributed by atoms with Crippen molar-refractivity contribution in [2.75, 3.05) is 7.05 Å². The lowest BCUT2D eigenvalue weighted by atomic mass is 9.89. The van der Waals surface area contributed by atoms with Crippen molar-refractivity contribution in [1.29, 1.82) is 0 Å². The van der Waals surface area contributed by atoms with Gasteiger partial charge in [-0.25, -0.2) is 9.97 Å². The van der Waals surface area contributed by atoms with Gasteiger partial charge in [-0.05, 0) is 43.7 Å². The van der Waals surface area contributed by atoms with Crippen molar-refractivity contribution in [3.63, 3.8) is 0 Å². The standard InChI is InChI=1S/C17H18N4O3/c1-9-10-5-3-4-6-11(10)13-14-15(24-16(13)20-9)17(23)21(8-19-14)7-12(22)18-2/h8H,3-7H2,1-2H3,(H,18,22). The Labute approximate surface area is 137 Å². The van der Waals surface area contributed by atoms with Gasteiger partial charge in [0.1, 0.15) is 12.1 Å². The fraction of sp³-hybridized carbons (Fsp3) is 0.412. The summed E-state index contributed by atoms with van der Waals surface area (Å²) in [6.07, 6.45) is 5.64. The minimum Gasteiger partial charge on any atom is -0.430 e. The number of fused-ring (bicyclic) bond motifs is 5. The summed E-state index contributed by atoms with van der Waals surface area (Å²) >= 11 is 0. The van der Waals surface area contributed by atoms with E-state index in [1.54, 1.807) is 0 Å². The molecule has 3 aromatic heterocycles. The Bertz CT molecular complexity index is 1030. The molecule has 7 heteroatoms. The number of hydrogen-bond donors (Lipinski definition) is 1. The molecule has 0 spiro atoms. The normalized spacial score (nSPS) is 14.1. The van der Waals surface area contributed by atoms with Crippen molar-refractivity contribution >= 4 is 28.1 Å². The van der Waals surface area contributed by atoms with Crippen LogP contribution in [0.1, 0.15) is 29.7 Å². The fourth-order valence-corrected chi connectivity index (χ4v) is 3.49. The van der Waals surface area contributed by atoms with Gasteiger partial charge < -0.3 is 9.73 Å². The second-order valence-corrected chi connectivity index (χ2v) is 6.17. The van der Waals surface area contributed by atoms with Crippen LogP contribution >= 0.6 is 0 Å². The van der Waals surface area contributed by atoms with Gasteiger partial charge in [0.05, 0.1) is 11.7 Å². The highest BCUT2D eigenvalue weighted by molar-refractivity contribution is 6.03. The molecular weight excluding hydrogens is 308 g/mol. The molecule has 0 bridgehead atoms. The fourth-order valence-electron chi connectivity index (χ4n) is 3.49. The minimum atomic E-state index is -0.358. The van der Waals surface area contributed by atoms with Crippen LogP contribution in [0.2, 0.25) is 0 Å². The first-order valence-electron chi connectivity index (χ1n) is 8.10. The molecule has 4 rings (SSSR count). The number of amides is 1. The molecule has 0 aromatic carbocycles. The van der Waals surface area contributed by atoms with E-state index in [-0.39, 0.29) is 23.6 Å². The van der Waals surface area contributed by atoms with Crippen LogP contribution in [0.4, 0.5) is 0 Å². The van der Waals surface area contributed by atoms with Crippen molar-refractivity contribution in [2.45, 2.75) is 39.2 Å². The van der Waals surface area contributed by atoms with E-state index < -0.39 is 0 Å². The SMILES string of the molecule is CNC(=O)Cn1cnc2c(oc3nc(C)c4c(c32)CCCC4)c1=O. The second-order valence-electron chi connectivity index (χ2n) is 6.17. The lowest BCUT2D eigenvalue weighted by molar-refractivity contribution is -0.121. The van der Waals surface area contributed by atoms with Gasteiger partial charge in [-0.3, -0.25) is 14.2 Å². The van der Waals surface area contributed by atoms with Crippen LogP contribution in [0.15, 0.2) is 15.5 Å². The van der Waals surface area contributed by atoms with Crippen molar-refractivity contribution in [3.8, 4) is 0 Å². The van der Waals surface area contributed by atoms with Crippen molar-refractivity contribution < 1.29 is 9.21 Å². The van der Waals surface area contributed by atoms with E-state index in [2.05, 4.69) is 15.3 Å². The van der Waals surface area contributed by atoms with Crippen molar-refractivity contribution in [3.05, 3.63) is 33.5 Å². The average Bonchev–Trinajstić information content (AvgIpc) is 2.96. The lowest BCUT2D eigenvalue weighted by Gasteiger charge is -2.17. The van der Waals surface area contributed by atoms with Crippen LogP contribution in [-0.4, -0.2) is 27.5 Å². The number of likely N-dealkylation sites (N-methyl/N-ethyl adjacent to an activating group) is 1. The largest absolute Gasteiger partial charge is 0.430 e. The first-order chi connectivity index (χ1) is 11.6. The number of aryl methyl sites for hydroxylation is 2. The second kappa shape index (κ2) is 5.43. The van der Waals surface area contributed by atoms with Crippen LogP contribution in [0.5, 0.6) is 0 Å². The molecule has 1 amide bonds. The monoisotopic (exact) mass is 326 g/mol. The van der Waals surface area contributed by atoms with Gasteiger partial charge in [0.15, 0.2) is 0 Å². The summed E-state index contributed by atoms with van der Waals surface area (Å²) in [5, 5.41) is 3.35. The Morgan fingerprint density at radius 2 is 2.08 bits per heavy atom. The molecule has 1 N–H and O–H groups in total. The molecule has 3 aromatic rings. The van der Waals surface area contributed by atoms with E-state index in [0.717, 1.165) is 36.8 Å². The molecular formula is C17H18N4O3. The predicted octanol–water partition coefficient (Wildman–Crippen LogP) is 1.47. The highest BCUT2D eigenvalue weighted by Crippen LogP contribution is 2.34. The Hall–Kier alpha value is -2.70. The molecule has 0 aliphatic heterocycles. The maximum Gasteiger partial charge on any atom is 0.297 e. The van der Waals surface area contributed by atoms with Crippen molar-refractivity contribution in [2.24, 2.45) is 0 Å². The molecule has 0 fully saturated rings. The Morgan fingerprint density at radius 3 is 2.83 bits per heavy atom. The third kappa shape index (κ3) is 2.11. The number of rotatable bonds is 2. The summed E-state index contributed by atoms with van der Waals surface area (Å²) in [4.78, 5) is 33.1. The smallest absolute Gasteiger partial charge is 0.297 e. The van der Waals surface area contributed by atoms with Crippen LogP contribution in [0, 0.1) is 6.92 Å². The van der Waals surface area contributed by atoms with Crippen LogP contribution in [0.3, 0.4) is 0 Å². The molecule has 0 radical (unpaired) electrons. The third-order valence-corrected chi connectivity index (χ3v) is 4.71. The van der Waals surface area contributed by atoms with Gasteiger partial charge in [-0.15, -0.1) is 0 Å². The molecule has 124 valence electrons. The highest BCUT2D eigenvalue weighted by atomic mass is 16.3. The van der Waals surface area contributed by atoms with Gasteiger partial charge in [0.2, 0.25) is 17.2 Å². The lowest BCUT2D eigenvalue weighted by Crippen LogP contribution is -2.30. The Morgan fingerprint density at radius 1 is 1.33 bits per heavy atom. The zero-order valence-corrected chi connectivity index (χ0v) is 13.7. The van der Waals surface area contributed by atoms with Crippen LogP contribution in [0.25, 0.3) is 22.2 Å².